The Kier molecular flexibility index (Phi) is 5.19. The zero-order valence-electron chi connectivity index (χ0n) is 14.5. The lowest BCUT2D eigenvalue weighted by Gasteiger charge is -2.10. The molecule has 0 fully saturated rings. The molecule has 0 saturated heterocycles. The number of benzene rings is 2. The molecule has 1 heterocycles. The zero-order valence-corrected chi connectivity index (χ0v) is 15.2. The van der Waals surface area contributed by atoms with Crippen LogP contribution in [0.2, 0.25) is 5.02 Å². The number of aliphatic hydroxyl groups excluding tert-OH is 1. The predicted octanol–water partition coefficient (Wildman–Crippen LogP) is 3.76. The van der Waals surface area contributed by atoms with Crippen molar-refractivity contribution in [1.29, 1.82) is 0 Å². The fourth-order valence-electron chi connectivity index (χ4n) is 2.64. The van der Waals surface area contributed by atoms with E-state index in [2.05, 4.69) is 0 Å². The second-order valence-corrected chi connectivity index (χ2v) is 5.98. The van der Waals surface area contributed by atoms with Crippen molar-refractivity contribution in [3.63, 3.8) is 0 Å². The van der Waals surface area contributed by atoms with Gasteiger partial charge in [-0.1, -0.05) is 35.9 Å². The van der Waals surface area contributed by atoms with E-state index in [0.29, 0.717) is 21.9 Å². The first kappa shape index (κ1) is 18.5. The van der Waals surface area contributed by atoms with Crippen molar-refractivity contribution in [3.8, 4) is 5.75 Å². The van der Waals surface area contributed by atoms with Crippen LogP contribution in [0, 0.1) is 0 Å². The molecule has 1 N–H and O–H groups in total. The zero-order chi connectivity index (χ0) is 19.6. The number of hydrogen-bond acceptors (Lipinski definition) is 6. The van der Waals surface area contributed by atoms with Crippen LogP contribution in [-0.4, -0.2) is 31.3 Å². The van der Waals surface area contributed by atoms with Gasteiger partial charge >= 0.3 is 11.9 Å². The minimum atomic E-state index is -0.778. The number of aliphatic hydroxyl groups is 1. The van der Waals surface area contributed by atoms with Crippen molar-refractivity contribution >= 4 is 34.7 Å². The maximum atomic E-state index is 12.3. The lowest BCUT2D eigenvalue weighted by molar-refractivity contribution is -0.134. The molecule has 0 bridgehead atoms. The van der Waals surface area contributed by atoms with E-state index in [4.69, 9.17) is 25.8 Å². The van der Waals surface area contributed by atoms with Gasteiger partial charge in [0.1, 0.15) is 16.9 Å². The molecule has 0 amide bonds. The highest BCUT2D eigenvalue weighted by atomic mass is 35.5. The number of esters is 2. The Balaban J connectivity index is 2.17. The normalized spacial score (nSPS) is 15.4. The highest BCUT2D eigenvalue weighted by Crippen LogP contribution is 2.37. The Morgan fingerprint density at radius 3 is 2.22 bits per heavy atom. The predicted molar refractivity (Wildman–Crippen MR) is 99.0 cm³/mol. The van der Waals surface area contributed by atoms with Crippen LogP contribution >= 0.6 is 11.6 Å². The Morgan fingerprint density at radius 1 is 1.04 bits per heavy atom. The number of carbonyl (C=O) groups excluding carboxylic acids is 2. The SMILES string of the molecule is COC(=O)C(=C1OC(=O)C(c2ccc(Cl)cc2)=C1O)c1ccc(OC)cc1. The van der Waals surface area contributed by atoms with Crippen LogP contribution in [0.15, 0.2) is 60.0 Å². The summed E-state index contributed by atoms with van der Waals surface area (Å²) >= 11 is 5.86. The number of hydrogen-bond donors (Lipinski definition) is 1. The van der Waals surface area contributed by atoms with Crippen LogP contribution in [0.3, 0.4) is 0 Å². The second-order valence-electron chi connectivity index (χ2n) is 5.54. The van der Waals surface area contributed by atoms with Gasteiger partial charge in [-0.2, -0.15) is 0 Å². The molecule has 6 nitrogen and oxygen atoms in total. The van der Waals surface area contributed by atoms with Gasteiger partial charge in [0.2, 0.25) is 0 Å². The third-order valence-corrected chi connectivity index (χ3v) is 4.23. The smallest absolute Gasteiger partial charge is 0.348 e. The number of carbonyl (C=O) groups is 2. The van der Waals surface area contributed by atoms with Gasteiger partial charge in [-0.25, -0.2) is 9.59 Å². The summed E-state index contributed by atoms with van der Waals surface area (Å²) in [5.74, 6) is -1.66. The van der Waals surface area contributed by atoms with E-state index >= 15 is 0 Å². The van der Waals surface area contributed by atoms with Crippen LogP contribution in [-0.2, 0) is 19.1 Å². The van der Waals surface area contributed by atoms with E-state index in [9.17, 15) is 14.7 Å². The van der Waals surface area contributed by atoms with Crippen molar-refractivity contribution in [3.05, 3.63) is 76.2 Å². The standard InChI is InChI=1S/C20H15ClO6/c1-25-14-9-5-12(6-10-14)16(19(23)26-2)18-17(22)15(20(24)27-18)11-3-7-13(21)8-4-11/h3-10,22H,1-2H3. The fraction of sp³-hybridized carbons (Fsp3) is 0.100. The van der Waals surface area contributed by atoms with Crippen molar-refractivity contribution in [2.75, 3.05) is 14.2 Å². The molecule has 2 aromatic rings. The van der Waals surface area contributed by atoms with Crippen LogP contribution in [0.25, 0.3) is 11.1 Å². The molecule has 3 rings (SSSR count). The Labute approximate surface area is 160 Å². The first-order valence-electron chi connectivity index (χ1n) is 7.85. The maximum Gasteiger partial charge on any atom is 0.348 e. The molecule has 0 spiro atoms. The summed E-state index contributed by atoms with van der Waals surface area (Å²) in [7, 11) is 2.71. The summed E-state index contributed by atoms with van der Waals surface area (Å²) in [6.07, 6.45) is 0. The molecule has 0 saturated carbocycles. The van der Waals surface area contributed by atoms with Gasteiger partial charge in [-0.15, -0.1) is 0 Å². The Bertz CT molecular complexity index is 955. The van der Waals surface area contributed by atoms with Crippen molar-refractivity contribution in [2.45, 2.75) is 0 Å². The quantitative estimate of drug-likeness (QED) is 0.636. The van der Waals surface area contributed by atoms with Crippen LogP contribution in [0.1, 0.15) is 11.1 Å². The third kappa shape index (κ3) is 3.52. The fourth-order valence-corrected chi connectivity index (χ4v) is 2.77. The Hall–Kier alpha value is -3.25. The molecule has 0 atom stereocenters. The van der Waals surface area contributed by atoms with Gasteiger partial charge in [0.25, 0.3) is 0 Å². The van der Waals surface area contributed by atoms with Crippen molar-refractivity contribution in [2.24, 2.45) is 0 Å². The molecule has 0 radical (unpaired) electrons. The molecule has 7 heteroatoms. The maximum absolute atomic E-state index is 12.3. The van der Waals surface area contributed by atoms with Gasteiger partial charge in [0.15, 0.2) is 11.5 Å². The molecular weight excluding hydrogens is 372 g/mol. The number of methoxy groups -OCH3 is 2. The van der Waals surface area contributed by atoms with Crippen LogP contribution < -0.4 is 4.74 Å². The first-order valence-corrected chi connectivity index (χ1v) is 8.22. The Morgan fingerprint density at radius 2 is 1.67 bits per heavy atom. The summed E-state index contributed by atoms with van der Waals surface area (Å²) < 4.78 is 15.1. The molecule has 0 aromatic heterocycles. The van der Waals surface area contributed by atoms with E-state index in [-0.39, 0.29) is 16.9 Å². The van der Waals surface area contributed by atoms with E-state index in [1.807, 2.05) is 0 Å². The average Bonchev–Trinajstić information content (AvgIpc) is 2.97. The lowest BCUT2D eigenvalue weighted by atomic mass is 10.0. The first-order chi connectivity index (χ1) is 13.0. The molecule has 0 unspecified atom stereocenters. The third-order valence-electron chi connectivity index (χ3n) is 3.98. The average molecular weight is 387 g/mol. The summed E-state index contributed by atoms with van der Waals surface area (Å²) in [5, 5.41) is 11.1. The highest BCUT2D eigenvalue weighted by molar-refractivity contribution is 6.31. The highest BCUT2D eigenvalue weighted by Gasteiger charge is 2.36. The largest absolute Gasteiger partial charge is 0.504 e. The van der Waals surface area contributed by atoms with Crippen molar-refractivity contribution in [1.82, 2.24) is 0 Å². The monoisotopic (exact) mass is 386 g/mol. The molecule has 2 aromatic carbocycles. The van der Waals surface area contributed by atoms with Crippen molar-refractivity contribution < 1.29 is 28.9 Å². The van der Waals surface area contributed by atoms with Gasteiger partial charge in [-0.05, 0) is 35.4 Å². The number of rotatable bonds is 4. The molecule has 138 valence electrons. The van der Waals surface area contributed by atoms with E-state index in [1.54, 1.807) is 48.5 Å². The van der Waals surface area contributed by atoms with Crippen LogP contribution in [0.4, 0.5) is 0 Å². The second kappa shape index (κ2) is 7.55. The lowest BCUT2D eigenvalue weighted by Crippen LogP contribution is -2.09. The molecule has 1 aliphatic rings. The van der Waals surface area contributed by atoms with Gasteiger partial charge < -0.3 is 19.3 Å². The minimum Gasteiger partial charge on any atom is -0.504 e. The van der Waals surface area contributed by atoms with E-state index < -0.39 is 17.7 Å². The summed E-state index contributed by atoms with van der Waals surface area (Å²) in [6.45, 7) is 0. The summed E-state index contributed by atoms with van der Waals surface area (Å²) in [5.41, 5.74) is 0.678. The minimum absolute atomic E-state index is 0.0587. The molecule has 0 aliphatic carbocycles. The van der Waals surface area contributed by atoms with Gasteiger partial charge in [0, 0.05) is 5.02 Å². The summed E-state index contributed by atoms with van der Waals surface area (Å²) in [4.78, 5) is 24.7. The van der Waals surface area contributed by atoms with Gasteiger partial charge in [-0.3, -0.25) is 0 Å². The molecular formula is C20H15ClO6. The molecule has 1 aliphatic heterocycles. The summed E-state index contributed by atoms with van der Waals surface area (Å²) in [6, 6.07) is 12.8. The van der Waals surface area contributed by atoms with E-state index in [0.717, 1.165) is 0 Å². The van der Waals surface area contributed by atoms with E-state index in [1.165, 1.54) is 14.2 Å². The number of halogens is 1. The number of cyclic esters (lactones) is 1. The topological polar surface area (TPSA) is 82.1 Å². The number of ether oxygens (including phenoxy) is 3. The molecule has 27 heavy (non-hydrogen) atoms. The van der Waals surface area contributed by atoms with Gasteiger partial charge in [0.05, 0.1) is 14.2 Å². The van der Waals surface area contributed by atoms with Crippen LogP contribution in [0.5, 0.6) is 5.75 Å².